The molecule has 2 fully saturated rings. The van der Waals surface area contributed by atoms with Gasteiger partial charge in [0.05, 0.1) is 26.6 Å². The highest BCUT2D eigenvalue weighted by Gasteiger charge is 2.47. The topological polar surface area (TPSA) is 79.4 Å². The van der Waals surface area contributed by atoms with Crippen molar-refractivity contribution in [2.24, 2.45) is 0 Å². The third-order valence-corrected chi connectivity index (χ3v) is 5.32. The first-order valence-corrected chi connectivity index (χ1v) is 9.72. The van der Waals surface area contributed by atoms with Gasteiger partial charge in [0.2, 0.25) is 0 Å². The van der Waals surface area contributed by atoms with Crippen LogP contribution in [0.15, 0.2) is 48.5 Å². The van der Waals surface area contributed by atoms with E-state index < -0.39 is 17.8 Å². The molecule has 0 radical (unpaired) electrons. The van der Waals surface area contributed by atoms with Crippen LogP contribution < -0.4 is 14.4 Å². The van der Waals surface area contributed by atoms with Crippen molar-refractivity contribution in [1.82, 2.24) is 9.80 Å². The number of urea groups is 1. The fourth-order valence-electron chi connectivity index (χ4n) is 3.47. The van der Waals surface area contributed by atoms with E-state index in [9.17, 15) is 14.4 Å². The largest absolute Gasteiger partial charge is 0.497 e. The van der Waals surface area contributed by atoms with Crippen molar-refractivity contribution < 1.29 is 23.9 Å². The summed E-state index contributed by atoms with van der Waals surface area (Å²) >= 11 is 0. The first-order chi connectivity index (χ1) is 14.5. The second-order valence-electron chi connectivity index (χ2n) is 7.32. The summed E-state index contributed by atoms with van der Waals surface area (Å²) in [4.78, 5) is 42.0. The Labute approximate surface area is 174 Å². The summed E-state index contributed by atoms with van der Waals surface area (Å²) in [5.74, 6) is -0.288. The summed E-state index contributed by atoms with van der Waals surface area (Å²) < 4.78 is 10.3. The van der Waals surface area contributed by atoms with Gasteiger partial charge in [-0.2, -0.15) is 0 Å². The minimum absolute atomic E-state index is 0.0761. The number of carbonyl (C=O) groups excluding carboxylic acids is 3. The van der Waals surface area contributed by atoms with Crippen molar-refractivity contribution in [3.63, 3.8) is 0 Å². The Morgan fingerprint density at radius 3 is 1.97 bits per heavy atom. The Morgan fingerprint density at radius 1 is 0.867 bits per heavy atom. The molecule has 8 nitrogen and oxygen atoms in total. The molecule has 4 amide bonds. The van der Waals surface area contributed by atoms with E-state index in [2.05, 4.69) is 4.90 Å². The smallest absolute Gasteiger partial charge is 0.340 e. The van der Waals surface area contributed by atoms with Crippen LogP contribution in [-0.2, 0) is 16.1 Å². The van der Waals surface area contributed by atoms with E-state index in [4.69, 9.17) is 9.47 Å². The molecule has 0 N–H and O–H groups in total. The minimum Gasteiger partial charge on any atom is -0.497 e. The Morgan fingerprint density at radius 2 is 1.43 bits per heavy atom. The molecule has 1 aliphatic carbocycles. The lowest BCUT2D eigenvalue weighted by Crippen LogP contribution is -2.43. The molecule has 1 saturated carbocycles. The number of nitrogens with zero attached hydrogens (tertiary/aromatic N) is 3. The summed E-state index contributed by atoms with van der Waals surface area (Å²) in [6.45, 7) is 0.648. The SMILES string of the molecule is COc1ccc(CN(CN2C(=O)C(=O)N(c3ccc(OC)cc3)C2=O)C2CC2)cc1. The van der Waals surface area contributed by atoms with E-state index in [1.807, 2.05) is 24.3 Å². The lowest BCUT2D eigenvalue weighted by molar-refractivity contribution is -0.140. The van der Waals surface area contributed by atoms with Gasteiger partial charge < -0.3 is 9.47 Å². The molecule has 2 aromatic carbocycles. The molecule has 0 unspecified atom stereocenters. The van der Waals surface area contributed by atoms with Crippen LogP contribution in [0, 0.1) is 0 Å². The van der Waals surface area contributed by atoms with E-state index >= 15 is 0 Å². The summed E-state index contributed by atoms with van der Waals surface area (Å²) in [5, 5.41) is 0. The Bertz CT molecular complexity index is 954. The highest BCUT2D eigenvalue weighted by atomic mass is 16.5. The van der Waals surface area contributed by atoms with Crippen LogP contribution in [0.5, 0.6) is 11.5 Å². The van der Waals surface area contributed by atoms with Gasteiger partial charge in [0.15, 0.2) is 0 Å². The number of rotatable bonds is 8. The number of anilines is 1. The zero-order valence-corrected chi connectivity index (χ0v) is 16.9. The second-order valence-corrected chi connectivity index (χ2v) is 7.32. The molecule has 1 heterocycles. The van der Waals surface area contributed by atoms with E-state index in [1.54, 1.807) is 31.4 Å². The van der Waals surface area contributed by atoms with Gasteiger partial charge in [0, 0.05) is 12.6 Å². The molecule has 1 aliphatic heterocycles. The first kappa shape index (κ1) is 19.9. The lowest BCUT2D eigenvalue weighted by Gasteiger charge is -2.26. The molecule has 0 bridgehead atoms. The minimum atomic E-state index is -0.842. The third-order valence-electron chi connectivity index (χ3n) is 5.32. The normalized spacial score (nSPS) is 16.6. The van der Waals surface area contributed by atoms with Crippen molar-refractivity contribution in [2.75, 3.05) is 25.8 Å². The van der Waals surface area contributed by atoms with Crippen molar-refractivity contribution in [1.29, 1.82) is 0 Å². The summed E-state index contributed by atoms with van der Waals surface area (Å²) in [6, 6.07) is 13.8. The van der Waals surface area contributed by atoms with Crippen LogP contribution in [0.2, 0.25) is 0 Å². The second kappa shape index (κ2) is 8.16. The van der Waals surface area contributed by atoms with Crippen LogP contribution in [0.3, 0.4) is 0 Å². The number of amides is 4. The molecule has 1 saturated heterocycles. The van der Waals surface area contributed by atoms with Crippen LogP contribution in [-0.4, -0.2) is 54.6 Å². The van der Waals surface area contributed by atoms with E-state index in [0.717, 1.165) is 34.0 Å². The number of benzene rings is 2. The maximum Gasteiger partial charge on any atom is 0.340 e. The number of ether oxygens (including phenoxy) is 2. The Balaban J connectivity index is 1.50. The number of methoxy groups -OCH3 is 2. The number of hydrogen-bond donors (Lipinski definition) is 0. The predicted octanol–water partition coefficient (Wildman–Crippen LogP) is 2.62. The highest BCUT2D eigenvalue weighted by Crippen LogP contribution is 2.31. The van der Waals surface area contributed by atoms with Crippen molar-refractivity contribution in [3.8, 4) is 11.5 Å². The fourth-order valence-corrected chi connectivity index (χ4v) is 3.47. The number of imide groups is 2. The van der Waals surface area contributed by atoms with Crippen molar-refractivity contribution in [3.05, 3.63) is 54.1 Å². The number of carbonyl (C=O) groups is 3. The Hall–Kier alpha value is -3.39. The maximum absolute atomic E-state index is 12.9. The van der Waals surface area contributed by atoms with Gasteiger partial charge in [-0.1, -0.05) is 12.1 Å². The van der Waals surface area contributed by atoms with Crippen LogP contribution >= 0.6 is 0 Å². The van der Waals surface area contributed by atoms with Crippen LogP contribution in [0.25, 0.3) is 0 Å². The zero-order valence-electron chi connectivity index (χ0n) is 16.9. The molecule has 30 heavy (non-hydrogen) atoms. The lowest BCUT2D eigenvalue weighted by atomic mass is 10.2. The van der Waals surface area contributed by atoms with Crippen LogP contribution in [0.4, 0.5) is 10.5 Å². The monoisotopic (exact) mass is 409 g/mol. The molecule has 8 heteroatoms. The summed E-state index contributed by atoms with van der Waals surface area (Å²) in [5.41, 5.74) is 1.38. The van der Waals surface area contributed by atoms with E-state index in [1.165, 1.54) is 7.11 Å². The fraction of sp³-hybridized carbons (Fsp3) is 0.318. The van der Waals surface area contributed by atoms with Gasteiger partial charge in [0.1, 0.15) is 11.5 Å². The third kappa shape index (κ3) is 3.86. The molecule has 2 aliphatic rings. The Kier molecular flexibility index (Phi) is 5.41. The molecule has 0 aromatic heterocycles. The van der Waals surface area contributed by atoms with Crippen LogP contribution in [0.1, 0.15) is 18.4 Å². The zero-order chi connectivity index (χ0) is 21.3. The van der Waals surface area contributed by atoms with Gasteiger partial charge in [0.25, 0.3) is 0 Å². The predicted molar refractivity (Wildman–Crippen MR) is 109 cm³/mol. The van der Waals surface area contributed by atoms with Gasteiger partial charge in [-0.3, -0.25) is 14.5 Å². The average molecular weight is 409 g/mol. The van der Waals surface area contributed by atoms with E-state index in [-0.39, 0.29) is 12.7 Å². The van der Waals surface area contributed by atoms with Crippen molar-refractivity contribution in [2.45, 2.75) is 25.4 Å². The van der Waals surface area contributed by atoms with Crippen molar-refractivity contribution >= 4 is 23.5 Å². The van der Waals surface area contributed by atoms with Gasteiger partial charge in [-0.05, 0) is 54.8 Å². The summed E-state index contributed by atoms with van der Waals surface area (Å²) in [7, 11) is 3.14. The van der Waals surface area contributed by atoms with E-state index in [0.29, 0.717) is 18.0 Å². The summed E-state index contributed by atoms with van der Waals surface area (Å²) in [6.07, 6.45) is 2.00. The standard InChI is InChI=1S/C22H23N3O5/c1-29-18-9-3-15(4-10-18)13-23(16-5-6-16)14-24-20(26)21(27)25(22(24)28)17-7-11-19(30-2)12-8-17/h3-4,7-12,16H,5-6,13-14H2,1-2H3. The average Bonchev–Trinajstić information content (AvgIpc) is 3.59. The molecule has 0 atom stereocenters. The molecule has 156 valence electrons. The highest BCUT2D eigenvalue weighted by molar-refractivity contribution is 6.52. The molecular weight excluding hydrogens is 386 g/mol. The number of hydrogen-bond acceptors (Lipinski definition) is 6. The molecule has 0 spiro atoms. The van der Waals surface area contributed by atoms with Gasteiger partial charge in [-0.15, -0.1) is 0 Å². The molecule has 4 rings (SSSR count). The molecule has 2 aromatic rings. The quantitative estimate of drug-likeness (QED) is 0.493. The molecular formula is C22H23N3O5. The maximum atomic E-state index is 12.9. The van der Waals surface area contributed by atoms with Gasteiger partial charge in [-0.25, -0.2) is 14.6 Å². The first-order valence-electron chi connectivity index (χ1n) is 9.72. The van der Waals surface area contributed by atoms with Gasteiger partial charge >= 0.3 is 17.8 Å².